The Bertz CT molecular complexity index is 584. The summed E-state index contributed by atoms with van der Waals surface area (Å²) in [6, 6.07) is 2.00. The Morgan fingerprint density at radius 1 is 1.10 bits per heavy atom. The van der Waals surface area contributed by atoms with Gasteiger partial charge in [0.1, 0.15) is 0 Å². The molecule has 112 valence electrons. The Hall–Kier alpha value is -1.81. The van der Waals surface area contributed by atoms with E-state index in [1.54, 1.807) is 6.20 Å². The zero-order chi connectivity index (χ0) is 15.2. The summed E-state index contributed by atoms with van der Waals surface area (Å²) in [7, 11) is 0. The van der Waals surface area contributed by atoms with Crippen LogP contribution in [0.1, 0.15) is 42.8 Å². The molecule has 2 rings (SSSR count). The minimum absolute atomic E-state index is 0.809. The fraction of sp³-hybridized carbons (Fsp3) is 0.471. The van der Waals surface area contributed by atoms with Crippen molar-refractivity contribution in [3.05, 3.63) is 41.0 Å². The summed E-state index contributed by atoms with van der Waals surface area (Å²) < 4.78 is 0. The van der Waals surface area contributed by atoms with Gasteiger partial charge in [0.2, 0.25) is 0 Å². The lowest BCUT2D eigenvalue weighted by Gasteiger charge is -2.13. The molecule has 21 heavy (non-hydrogen) atoms. The minimum atomic E-state index is 0.809. The quantitative estimate of drug-likeness (QED) is 0.828. The molecular weight excluding hydrogens is 260 g/mol. The number of aromatic nitrogens is 3. The van der Waals surface area contributed by atoms with E-state index < -0.39 is 0 Å². The standard InChI is InChI=1S/C17H24N4/c1-5-8-18-11-16-12(3)20-17(21-13(16)4)15-7-9-19-10-14(15)6-2/h7,9-10,18H,5-6,8,11H2,1-4H3. The van der Waals surface area contributed by atoms with Crippen LogP contribution >= 0.6 is 0 Å². The summed E-state index contributed by atoms with van der Waals surface area (Å²) >= 11 is 0. The van der Waals surface area contributed by atoms with Crippen molar-refractivity contribution in [2.45, 2.75) is 47.1 Å². The van der Waals surface area contributed by atoms with Gasteiger partial charge >= 0.3 is 0 Å². The Morgan fingerprint density at radius 3 is 2.43 bits per heavy atom. The number of aryl methyl sites for hydroxylation is 3. The van der Waals surface area contributed by atoms with Crippen molar-refractivity contribution in [3.63, 3.8) is 0 Å². The fourth-order valence-corrected chi connectivity index (χ4v) is 2.43. The zero-order valence-corrected chi connectivity index (χ0v) is 13.4. The third-order valence-corrected chi connectivity index (χ3v) is 3.67. The van der Waals surface area contributed by atoms with Crippen LogP contribution in [0.25, 0.3) is 11.4 Å². The van der Waals surface area contributed by atoms with Crippen LogP contribution in [0, 0.1) is 13.8 Å². The van der Waals surface area contributed by atoms with Crippen molar-refractivity contribution in [1.82, 2.24) is 20.3 Å². The molecule has 0 aliphatic carbocycles. The van der Waals surface area contributed by atoms with Gasteiger partial charge < -0.3 is 5.32 Å². The number of pyridine rings is 1. The number of hydrogen-bond donors (Lipinski definition) is 1. The first-order chi connectivity index (χ1) is 10.2. The molecule has 0 fully saturated rings. The van der Waals surface area contributed by atoms with Crippen molar-refractivity contribution in [3.8, 4) is 11.4 Å². The van der Waals surface area contributed by atoms with E-state index in [1.165, 1.54) is 11.1 Å². The topological polar surface area (TPSA) is 50.7 Å². The molecular formula is C17H24N4. The molecule has 0 aromatic carbocycles. The smallest absolute Gasteiger partial charge is 0.160 e. The van der Waals surface area contributed by atoms with E-state index in [4.69, 9.17) is 9.97 Å². The van der Waals surface area contributed by atoms with Gasteiger partial charge in [-0.1, -0.05) is 13.8 Å². The van der Waals surface area contributed by atoms with Gasteiger partial charge in [0.05, 0.1) is 0 Å². The molecule has 2 aromatic heterocycles. The van der Waals surface area contributed by atoms with Crippen molar-refractivity contribution >= 4 is 0 Å². The maximum absolute atomic E-state index is 4.71. The van der Waals surface area contributed by atoms with Crippen LogP contribution in [0.5, 0.6) is 0 Å². The van der Waals surface area contributed by atoms with Gasteiger partial charge in [0.25, 0.3) is 0 Å². The van der Waals surface area contributed by atoms with Crippen molar-refractivity contribution in [2.75, 3.05) is 6.54 Å². The van der Waals surface area contributed by atoms with Crippen LogP contribution in [-0.4, -0.2) is 21.5 Å². The first kappa shape index (κ1) is 15.6. The average molecular weight is 284 g/mol. The monoisotopic (exact) mass is 284 g/mol. The predicted molar refractivity (Wildman–Crippen MR) is 86.1 cm³/mol. The SMILES string of the molecule is CCCNCc1c(C)nc(-c2ccncc2CC)nc1C. The normalized spacial score (nSPS) is 10.9. The van der Waals surface area contributed by atoms with Gasteiger partial charge in [0.15, 0.2) is 5.82 Å². The largest absolute Gasteiger partial charge is 0.313 e. The van der Waals surface area contributed by atoms with Gasteiger partial charge in [-0.2, -0.15) is 0 Å². The van der Waals surface area contributed by atoms with Gasteiger partial charge in [0, 0.05) is 41.5 Å². The Labute approximate surface area is 127 Å². The molecule has 0 saturated carbocycles. The second-order valence-electron chi connectivity index (χ2n) is 5.26. The molecule has 0 spiro atoms. The molecule has 4 nitrogen and oxygen atoms in total. The van der Waals surface area contributed by atoms with E-state index in [2.05, 4.69) is 38.0 Å². The molecule has 2 aromatic rings. The molecule has 0 atom stereocenters. The number of nitrogens with one attached hydrogen (secondary N) is 1. The third kappa shape index (κ3) is 3.64. The first-order valence-corrected chi connectivity index (χ1v) is 7.65. The average Bonchev–Trinajstić information content (AvgIpc) is 2.49. The molecule has 1 N–H and O–H groups in total. The van der Waals surface area contributed by atoms with Crippen molar-refractivity contribution < 1.29 is 0 Å². The molecule has 0 unspecified atom stereocenters. The lowest BCUT2D eigenvalue weighted by Crippen LogP contribution is -2.17. The van der Waals surface area contributed by atoms with E-state index in [1.807, 2.05) is 12.3 Å². The van der Waals surface area contributed by atoms with Crippen LogP contribution in [0.2, 0.25) is 0 Å². The van der Waals surface area contributed by atoms with Crippen LogP contribution in [0.3, 0.4) is 0 Å². The molecule has 0 aliphatic rings. The Balaban J connectivity index is 2.35. The summed E-state index contributed by atoms with van der Waals surface area (Å²) in [5, 5.41) is 3.42. The Kier molecular flexibility index (Phi) is 5.39. The van der Waals surface area contributed by atoms with Crippen molar-refractivity contribution in [1.29, 1.82) is 0 Å². The molecule has 2 heterocycles. The van der Waals surface area contributed by atoms with Crippen LogP contribution in [0.15, 0.2) is 18.5 Å². The molecule has 0 amide bonds. The number of hydrogen-bond acceptors (Lipinski definition) is 4. The first-order valence-electron chi connectivity index (χ1n) is 7.65. The zero-order valence-electron chi connectivity index (χ0n) is 13.4. The minimum Gasteiger partial charge on any atom is -0.313 e. The highest BCUT2D eigenvalue weighted by Crippen LogP contribution is 2.22. The Morgan fingerprint density at radius 2 is 1.81 bits per heavy atom. The van der Waals surface area contributed by atoms with Crippen LogP contribution in [-0.2, 0) is 13.0 Å². The maximum Gasteiger partial charge on any atom is 0.160 e. The molecule has 0 saturated heterocycles. The highest BCUT2D eigenvalue weighted by molar-refractivity contribution is 5.59. The summed E-state index contributed by atoms with van der Waals surface area (Å²) in [6.07, 6.45) is 5.78. The maximum atomic E-state index is 4.71. The lowest BCUT2D eigenvalue weighted by molar-refractivity contribution is 0.665. The fourth-order valence-electron chi connectivity index (χ4n) is 2.43. The highest BCUT2D eigenvalue weighted by atomic mass is 14.9. The predicted octanol–water partition coefficient (Wildman–Crippen LogP) is 3.22. The number of rotatable bonds is 6. The van der Waals surface area contributed by atoms with Gasteiger partial charge in [-0.3, -0.25) is 4.98 Å². The second-order valence-corrected chi connectivity index (χ2v) is 5.26. The van der Waals surface area contributed by atoms with E-state index in [9.17, 15) is 0 Å². The van der Waals surface area contributed by atoms with Crippen LogP contribution < -0.4 is 5.32 Å². The van der Waals surface area contributed by atoms with Gasteiger partial charge in [-0.25, -0.2) is 9.97 Å². The third-order valence-electron chi connectivity index (χ3n) is 3.67. The summed E-state index contributed by atoms with van der Waals surface area (Å²) in [5.41, 5.74) is 5.60. The second kappa shape index (κ2) is 7.27. The molecule has 0 bridgehead atoms. The van der Waals surface area contributed by atoms with E-state index in [0.29, 0.717) is 0 Å². The summed E-state index contributed by atoms with van der Waals surface area (Å²) in [5.74, 6) is 0.809. The van der Waals surface area contributed by atoms with Gasteiger partial charge in [-0.05, 0) is 44.9 Å². The molecule has 0 radical (unpaired) electrons. The molecule has 0 aliphatic heterocycles. The molecule has 4 heteroatoms. The lowest BCUT2D eigenvalue weighted by atomic mass is 10.1. The van der Waals surface area contributed by atoms with Crippen LogP contribution in [0.4, 0.5) is 0 Å². The van der Waals surface area contributed by atoms with Crippen molar-refractivity contribution in [2.24, 2.45) is 0 Å². The van der Waals surface area contributed by atoms with E-state index >= 15 is 0 Å². The summed E-state index contributed by atoms with van der Waals surface area (Å²) in [6.45, 7) is 10.3. The van der Waals surface area contributed by atoms with E-state index in [0.717, 1.165) is 48.7 Å². The van der Waals surface area contributed by atoms with Gasteiger partial charge in [-0.15, -0.1) is 0 Å². The summed E-state index contributed by atoms with van der Waals surface area (Å²) in [4.78, 5) is 13.6. The highest BCUT2D eigenvalue weighted by Gasteiger charge is 2.12. The van der Waals surface area contributed by atoms with E-state index in [-0.39, 0.29) is 0 Å². The number of nitrogens with zero attached hydrogens (tertiary/aromatic N) is 3.